The number of amides is 2. The average molecular weight is 240 g/mol. The Bertz CT molecular complexity index is 453. The van der Waals surface area contributed by atoms with E-state index in [0.29, 0.717) is 10.8 Å². The number of primary amides is 2. The van der Waals surface area contributed by atoms with Gasteiger partial charge in [-0.25, -0.2) is 0 Å². The number of carbonyl (C=O) groups is 2. The Morgan fingerprint density at radius 1 is 1.31 bits per heavy atom. The largest absolute Gasteiger partial charge is 0.385 e. The average Bonchev–Trinajstić information content (AvgIpc) is 2.52. The van der Waals surface area contributed by atoms with Crippen LogP contribution in [0.5, 0.6) is 0 Å². The lowest BCUT2D eigenvalue weighted by Crippen LogP contribution is -2.20. The fourth-order valence-corrected chi connectivity index (χ4v) is 2.05. The van der Waals surface area contributed by atoms with Crippen LogP contribution >= 0.6 is 11.8 Å². The lowest BCUT2D eigenvalue weighted by atomic mass is 10.1. The van der Waals surface area contributed by atoms with Crippen molar-refractivity contribution in [1.29, 1.82) is 0 Å². The number of rotatable bonds is 5. The zero-order valence-corrected chi connectivity index (χ0v) is 9.26. The van der Waals surface area contributed by atoms with Crippen LogP contribution in [0.4, 0.5) is 5.82 Å². The van der Waals surface area contributed by atoms with E-state index in [0.717, 1.165) is 0 Å². The molecule has 0 saturated heterocycles. The van der Waals surface area contributed by atoms with Crippen LogP contribution in [0, 0.1) is 0 Å². The molecule has 16 heavy (non-hydrogen) atoms. The van der Waals surface area contributed by atoms with Crippen LogP contribution in [0.2, 0.25) is 0 Å². The highest BCUT2D eigenvalue weighted by atomic mass is 32.2. The highest BCUT2D eigenvalue weighted by Crippen LogP contribution is 2.28. The summed E-state index contributed by atoms with van der Waals surface area (Å²) in [6.07, 6.45) is 1.65. The van der Waals surface area contributed by atoms with E-state index >= 15 is 0 Å². The molecule has 7 heteroatoms. The van der Waals surface area contributed by atoms with Crippen molar-refractivity contribution in [2.45, 2.75) is 5.03 Å². The molecule has 0 radical (unpaired) electrons. The van der Waals surface area contributed by atoms with Crippen LogP contribution in [0.3, 0.4) is 0 Å². The minimum atomic E-state index is -0.784. The number of nitrogen functional groups attached to an aromatic ring is 1. The molecule has 0 saturated carbocycles. The first kappa shape index (κ1) is 12.2. The quantitative estimate of drug-likeness (QED) is 0.429. The number of hydrogen-bond donors (Lipinski definition) is 4. The zero-order chi connectivity index (χ0) is 12.3. The molecule has 0 aromatic carbocycles. The predicted octanol–water partition coefficient (Wildman–Crippen LogP) is 0.0728. The van der Waals surface area contributed by atoms with E-state index in [4.69, 9.17) is 17.2 Å². The molecule has 0 spiro atoms. The van der Waals surface area contributed by atoms with E-state index in [9.17, 15) is 9.59 Å². The maximum Gasteiger partial charge on any atom is 0.253 e. The van der Waals surface area contributed by atoms with Crippen molar-refractivity contribution in [2.75, 3.05) is 11.5 Å². The third-order valence-corrected chi connectivity index (χ3v) is 2.83. The highest BCUT2D eigenvalue weighted by molar-refractivity contribution is 7.99. The summed E-state index contributed by atoms with van der Waals surface area (Å²) in [5.41, 5.74) is 15.8. The zero-order valence-electron chi connectivity index (χ0n) is 8.45. The normalized spacial score (nSPS) is 10.0. The molecule has 0 atom stereocenters. The van der Waals surface area contributed by atoms with Crippen LogP contribution in [0.25, 0.3) is 0 Å². The van der Waals surface area contributed by atoms with Crippen molar-refractivity contribution in [1.82, 2.24) is 4.98 Å². The molecule has 1 aromatic heterocycles. The number of thioether (sulfide) groups is 1. The second-order valence-corrected chi connectivity index (χ2v) is 3.98. The molecular weight excluding hydrogens is 228 g/mol. The summed E-state index contributed by atoms with van der Waals surface area (Å²) < 4.78 is 0. The minimum Gasteiger partial charge on any atom is -0.385 e. The number of aromatic amines is 1. The van der Waals surface area contributed by atoms with Crippen molar-refractivity contribution in [3.05, 3.63) is 23.8 Å². The van der Waals surface area contributed by atoms with Crippen molar-refractivity contribution in [2.24, 2.45) is 11.5 Å². The first-order valence-corrected chi connectivity index (χ1v) is 5.32. The van der Waals surface area contributed by atoms with Gasteiger partial charge in [0, 0.05) is 5.75 Å². The van der Waals surface area contributed by atoms with Crippen molar-refractivity contribution < 1.29 is 9.59 Å². The fourth-order valence-electron chi connectivity index (χ4n) is 1.24. The van der Waals surface area contributed by atoms with E-state index in [1.165, 1.54) is 11.8 Å². The van der Waals surface area contributed by atoms with Gasteiger partial charge < -0.3 is 22.2 Å². The highest BCUT2D eigenvalue weighted by Gasteiger charge is 2.23. The van der Waals surface area contributed by atoms with E-state index in [1.54, 1.807) is 6.08 Å². The van der Waals surface area contributed by atoms with Gasteiger partial charge in [0.2, 0.25) is 0 Å². The van der Waals surface area contributed by atoms with Crippen LogP contribution in [0.1, 0.15) is 20.7 Å². The van der Waals surface area contributed by atoms with E-state index in [2.05, 4.69) is 11.6 Å². The Hall–Kier alpha value is -1.89. The molecule has 1 aromatic rings. The summed E-state index contributed by atoms with van der Waals surface area (Å²) in [7, 11) is 0. The van der Waals surface area contributed by atoms with Gasteiger partial charge in [-0.2, -0.15) is 0 Å². The van der Waals surface area contributed by atoms with Crippen molar-refractivity contribution >= 4 is 29.4 Å². The van der Waals surface area contributed by atoms with Gasteiger partial charge in [-0.15, -0.1) is 18.3 Å². The molecule has 0 bridgehead atoms. The van der Waals surface area contributed by atoms with Gasteiger partial charge in [0.25, 0.3) is 11.8 Å². The third kappa shape index (κ3) is 2.19. The first-order valence-electron chi connectivity index (χ1n) is 4.33. The monoisotopic (exact) mass is 240 g/mol. The summed E-state index contributed by atoms with van der Waals surface area (Å²) in [5.74, 6) is -0.924. The molecule has 0 aliphatic heterocycles. The van der Waals surface area contributed by atoms with Gasteiger partial charge in [-0.1, -0.05) is 6.08 Å². The van der Waals surface area contributed by atoms with Gasteiger partial charge in [0.1, 0.15) is 5.82 Å². The smallest absolute Gasteiger partial charge is 0.253 e. The Morgan fingerprint density at radius 2 is 1.88 bits per heavy atom. The van der Waals surface area contributed by atoms with E-state index < -0.39 is 11.8 Å². The predicted molar refractivity (Wildman–Crippen MR) is 63.2 cm³/mol. The molecular formula is C9H12N4O2S. The molecule has 6 nitrogen and oxygen atoms in total. The molecule has 7 N–H and O–H groups in total. The summed E-state index contributed by atoms with van der Waals surface area (Å²) in [6.45, 7) is 3.54. The number of H-pyrrole nitrogens is 1. The Labute approximate surface area is 96.2 Å². The molecule has 0 aliphatic rings. The molecule has 0 fully saturated rings. The number of carbonyl (C=O) groups excluding carboxylic acids is 2. The summed E-state index contributed by atoms with van der Waals surface area (Å²) in [5, 5.41) is 0.429. The van der Waals surface area contributed by atoms with E-state index in [-0.39, 0.29) is 16.9 Å². The van der Waals surface area contributed by atoms with Crippen LogP contribution in [0.15, 0.2) is 17.7 Å². The van der Waals surface area contributed by atoms with Gasteiger partial charge in [0.15, 0.2) is 0 Å². The standard InChI is InChI=1S/C9H12N4O2S/c1-2-3-16-9-5(8(12)15)4(7(11)14)6(10)13-9/h2,13H,1,3,10H2,(H2,11,14)(H2,12,15). The maximum absolute atomic E-state index is 11.2. The number of aromatic nitrogens is 1. The maximum atomic E-state index is 11.2. The molecule has 86 valence electrons. The number of nitrogens with one attached hydrogen (secondary N) is 1. The molecule has 2 amide bonds. The van der Waals surface area contributed by atoms with Crippen LogP contribution in [-0.4, -0.2) is 22.6 Å². The second-order valence-electron chi connectivity index (χ2n) is 2.95. The van der Waals surface area contributed by atoms with Crippen LogP contribution < -0.4 is 17.2 Å². The number of hydrogen-bond acceptors (Lipinski definition) is 4. The fraction of sp³-hybridized carbons (Fsp3) is 0.111. The first-order chi connectivity index (χ1) is 7.49. The van der Waals surface area contributed by atoms with Gasteiger partial charge in [0.05, 0.1) is 16.2 Å². The topological polar surface area (TPSA) is 128 Å². The SMILES string of the molecule is C=CCSc1[nH]c(N)c(C(N)=O)c1C(N)=O. The summed E-state index contributed by atoms with van der Waals surface area (Å²) in [4.78, 5) is 25.0. The summed E-state index contributed by atoms with van der Waals surface area (Å²) in [6, 6.07) is 0. The van der Waals surface area contributed by atoms with Crippen molar-refractivity contribution in [3.63, 3.8) is 0 Å². The Balaban J connectivity index is 3.28. The third-order valence-electron chi connectivity index (χ3n) is 1.83. The minimum absolute atomic E-state index is 0.0388. The van der Waals surface area contributed by atoms with Gasteiger partial charge in [-0.3, -0.25) is 9.59 Å². The Morgan fingerprint density at radius 3 is 2.31 bits per heavy atom. The Kier molecular flexibility index (Phi) is 3.62. The van der Waals surface area contributed by atoms with Gasteiger partial charge in [-0.05, 0) is 0 Å². The second kappa shape index (κ2) is 4.75. The number of nitrogens with two attached hydrogens (primary N) is 3. The van der Waals surface area contributed by atoms with Crippen LogP contribution in [-0.2, 0) is 0 Å². The lowest BCUT2D eigenvalue weighted by Gasteiger charge is -1.99. The molecule has 1 rings (SSSR count). The van der Waals surface area contributed by atoms with Gasteiger partial charge >= 0.3 is 0 Å². The van der Waals surface area contributed by atoms with E-state index in [1.807, 2.05) is 0 Å². The van der Waals surface area contributed by atoms with Crippen molar-refractivity contribution in [3.8, 4) is 0 Å². The summed E-state index contributed by atoms with van der Waals surface area (Å²) >= 11 is 1.27. The number of anilines is 1. The molecule has 0 aliphatic carbocycles. The molecule has 0 unspecified atom stereocenters. The molecule has 1 heterocycles. The lowest BCUT2D eigenvalue weighted by molar-refractivity contribution is 0.0967.